The molecule has 0 aromatic carbocycles. The number of carbonyl (C=O) groups is 6. The number of ether oxygens (including phenoxy) is 1. The van der Waals surface area contributed by atoms with E-state index in [4.69, 9.17) is 0 Å². The fraction of sp³-hybridized carbons (Fsp3) is 0.571. The number of rotatable bonds is 11. The van der Waals surface area contributed by atoms with Gasteiger partial charge in [-0.1, -0.05) is 0 Å². The molecule has 0 aromatic heterocycles. The van der Waals surface area contributed by atoms with Gasteiger partial charge < -0.3 is 31.3 Å². The highest BCUT2D eigenvalue weighted by atomic mass is 16.5. The van der Waals surface area contributed by atoms with Crippen molar-refractivity contribution in [1.29, 1.82) is 0 Å². The fourth-order valence-electron chi connectivity index (χ4n) is 1.37. The van der Waals surface area contributed by atoms with E-state index in [1.165, 1.54) is 6.92 Å². The van der Waals surface area contributed by atoms with E-state index < -0.39 is 36.1 Å². The zero-order valence-corrected chi connectivity index (χ0v) is 14.6. The molecule has 146 valence electrons. The maximum absolute atomic E-state index is 11.5. The standard InChI is InChI=1S/C14H23N5O7/c1-3-26-14(25)8-19-13(24)7-18-12(23)6-17-11(22)5-16-10(21)4-15-9(2)20/h3-8H2,1-2H3,(H,15,20)(H,16,21)(H,17,22)(H,18,23)(H,19,24). The highest BCUT2D eigenvalue weighted by molar-refractivity contribution is 5.91. The van der Waals surface area contributed by atoms with E-state index in [1.807, 2.05) is 0 Å². The predicted octanol–water partition coefficient (Wildman–Crippen LogP) is -3.85. The molecular formula is C14H23N5O7. The van der Waals surface area contributed by atoms with Crippen molar-refractivity contribution in [3.8, 4) is 0 Å². The molecule has 0 unspecified atom stereocenters. The van der Waals surface area contributed by atoms with Crippen molar-refractivity contribution in [2.24, 2.45) is 0 Å². The molecule has 0 atom stereocenters. The van der Waals surface area contributed by atoms with Gasteiger partial charge in [0.15, 0.2) is 0 Å². The Morgan fingerprint density at radius 3 is 1.31 bits per heavy atom. The van der Waals surface area contributed by atoms with E-state index in [1.54, 1.807) is 6.92 Å². The summed E-state index contributed by atoms with van der Waals surface area (Å²) in [5.41, 5.74) is 0. The van der Waals surface area contributed by atoms with Crippen LogP contribution in [0.25, 0.3) is 0 Å². The van der Waals surface area contributed by atoms with E-state index in [2.05, 4.69) is 31.3 Å². The molecule has 0 aliphatic rings. The monoisotopic (exact) mass is 373 g/mol. The SMILES string of the molecule is CCOC(=O)CNC(=O)CNC(=O)CNC(=O)CNC(=O)CNC(C)=O. The summed E-state index contributed by atoms with van der Waals surface area (Å²) in [5.74, 6) is -3.38. The molecule has 0 rings (SSSR count). The number of hydrogen-bond acceptors (Lipinski definition) is 7. The summed E-state index contributed by atoms with van der Waals surface area (Å²) < 4.78 is 4.61. The van der Waals surface area contributed by atoms with Crippen LogP contribution in [0, 0.1) is 0 Å². The summed E-state index contributed by atoms with van der Waals surface area (Å²) in [6.07, 6.45) is 0. The van der Waals surface area contributed by atoms with Gasteiger partial charge in [-0.15, -0.1) is 0 Å². The minimum atomic E-state index is -0.630. The molecule has 5 N–H and O–H groups in total. The van der Waals surface area contributed by atoms with E-state index >= 15 is 0 Å². The Labute approximate surface area is 149 Å². The molecular weight excluding hydrogens is 350 g/mol. The van der Waals surface area contributed by atoms with E-state index in [-0.39, 0.29) is 38.7 Å². The van der Waals surface area contributed by atoms with Gasteiger partial charge in [-0.2, -0.15) is 0 Å². The number of nitrogens with one attached hydrogen (secondary N) is 5. The summed E-state index contributed by atoms with van der Waals surface area (Å²) in [6.45, 7) is 1.36. The van der Waals surface area contributed by atoms with Crippen molar-refractivity contribution in [3.63, 3.8) is 0 Å². The van der Waals surface area contributed by atoms with Crippen molar-refractivity contribution in [2.45, 2.75) is 13.8 Å². The third-order valence-electron chi connectivity index (χ3n) is 2.57. The summed E-state index contributed by atoms with van der Waals surface area (Å²) in [4.78, 5) is 67.2. The second-order valence-corrected chi connectivity index (χ2v) is 4.82. The van der Waals surface area contributed by atoms with Crippen LogP contribution >= 0.6 is 0 Å². The molecule has 12 heteroatoms. The van der Waals surface area contributed by atoms with Crippen LogP contribution in [0.5, 0.6) is 0 Å². The maximum Gasteiger partial charge on any atom is 0.325 e. The minimum absolute atomic E-state index is 0.193. The Morgan fingerprint density at radius 2 is 0.962 bits per heavy atom. The number of hydrogen-bond donors (Lipinski definition) is 5. The van der Waals surface area contributed by atoms with Crippen LogP contribution in [0.4, 0.5) is 0 Å². The molecule has 0 fully saturated rings. The molecule has 5 amide bonds. The largest absolute Gasteiger partial charge is 0.465 e. The quantitative estimate of drug-likeness (QED) is 0.231. The van der Waals surface area contributed by atoms with E-state index in [0.717, 1.165) is 0 Å². The first-order valence-electron chi connectivity index (χ1n) is 7.71. The summed E-state index contributed by atoms with van der Waals surface area (Å²) in [7, 11) is 0. The van der Waals surface area contributed by atoms with Crippen molar-refractivity contribution in [3.05, 3.63) is 0 Å². The van der Waals surface area contributed by atoms with Gasteiger partial charge in [0.1, 0.15) is 6.54 Å². The first-order chi connectivity index (χ1) is 12.2. The normalized spacial score (nSPS) is 9.46. The van der Waals surface area contributed by atoms with E-state index in [0.29, 0.717) is 0 Å². The molecule has 0 bridgehead atoms. The van der Waals surface area contributed by atoms with E-state index in [9.17, 15) is 28.8 Å². The third-order valence-corrected chi connectivity index (χ3v) is 2.57. The van der Waals surface area contributed by atoms with Gasteiger partial charge in [0.25, 0.3) is 0 Å². The Hall–Kier alpha value is -3.18. The highest BCUT2D eigenvalue weighted by Crippen LogP contribution is 1.76. The summed E-state index contributed by atoms with van der Waals surface area (Å²) in [5, 5.41) is 11.2. The number of carbonyl (C=O) groups excluding carboxylic acids is 6. The van der Waals surface area contributed by atoms with Crippen molar-refractivity contribution >= 4 is 35.5 Å². The average molecular weight is 373 g/mol. The van der Waals surface area contributed by atoms with Crippen molar-refractivity contribution in [2.75, 3.05) is 39.3 Å². The van der Waals surface area contributed by atoms with Crippen LogP contribution in [0.15, 0.2) is 0 Å². The third kappa shape index (κ3) is 13.3. The van der Waals surface area contributed by atoms with Gasteiger partial charge in [0, 0.05) is 6.92 Å². The predicted molar refractivity (Wildman–Crippen MR) is 87.4 cm³/mol. The lowest BCUT2D eigenvalue weighted by Gasteiger charge is -2.08. The molecule has 12 nitrogen and oxygen atoms in total. The first kappa shape index (κ1) is 22.8. The van der Waals surface area contributed by atoms with Crippen molar-refractivity contribution in [1.82, 2.24) is 26.6 Å². The van der Waals surface area contributed by atoms with Crippen molar-refractivity contribution < 1.29 is 33.5 Å². The topological polar surface area (TPSA) is 172 Å². The van der Waals surface area contributed by atoms with Crippen LogP contribution < -0.4 is 26.6 Å². The Balaban J connectivity index is 3.82. The summed E-state index contributed by atoms with van der Waals surface area (Å²) in [6, 6.07) is 0. The Morgan fingerprint density at radius 1 is 0.615 bits per heavy atom. The highest BCUT2D eigenvalue weighted by Gasteiger charge is 2.10. The molecule has 0 aliphatic heterocycles. The molecule has 0 saturated carbocycles. The maximum atomic E-state index is 11.5. The second-order valence-electron chi connectivity index (χ2n) is 4.82. The molecule has 0 spiro atoms. The van der Waals surface area contributed by atoms with Crippen LogP contribution in [-0.4, -0.2) is 74.8 Å². The number of amides is 5. The lowest BCUT2D eigenvalue weighted by atomic mass is 10.4. The van der Waals surface area contributed by atoms with Gasteiger partial charge in [0.05, 0.1) is 32.8 Å². The lowest BCUT2D eigenvalue weighted by Crippen LogP contribution is -2.45. The lowest BCUT2D eigenvalue weighted by molar-refractivity contribution is -0.143. The minimum Gasteiger partial charge on any atom is -0.465 e. The Kier molecular flexibility index (Phi) is 11.5. The molecule has 0 aliphatic carbocycles. The molecule has 0 heterocycles. The zero-order valence-electron chi connectivity index (χ0n) is 14.6. The van der Waals surface area contributed by atoms with Gasteiger partial charge in [-0.3, -0.25) is 28.8 Å². The van der Waals surface area contributed by atoms with Crippen LogP contribution in [0.2, 0.25) is 0 Å². The number of esters is 1. The van der Waals surface area contributed by atoms with Crippen LogP contribution in [-0.2, 0) is 33.5 Å². The molecule has 26 heavy (non-hydrogen) atoms. The summed E-state index contributed by atoms with van der Waals surface area (Å²) >= 11 is 0. The van der Waals surface area contributed by atoms with Gasteiger partial charge in [-0.05, 0) is 6.92 Å². The van der Waals surface area contributed by atoms with Crippen LogP contribution in [0.3, 0.4) is 0 Å². The first-order valence-corrected chi connectivity index (χ1v) is 7.71. The van der Waals surface area contributed by atoms with Crippen LogP contribution in [0.1, 0.15) is 13.8 Å². The average Bonchev–Trinajstić information content (AvgIpc) is 2.59. The van der Waals surface area contributed by atoms with Gasteiger partial charge in [-0.25, -0.2) is 0 Å². The molecule has 0 saturated heterocycles. The molecule has 0 radical (unpaired) electrons. The molecule has 0 aromatic rings. The van der Waals surface area contributed by atoms with Gasteiger partial charge >= 0.3 is 5.97 Å². The second kappa shape index (κ2) is 13.1. The smallest absolute Gasteiger partial charge is 0.325 e. The fourth-order valence-corrected chi connectivity index (χ4v) is 1.37. The van der Waals surface area contributed by atoms with Gasteiger partial charge in [0.2, 0.25) is 29.5 Å². The Bertz CT molecular complexity index is 550. The zero-order chi connectivity index (χ0) is 19.9.